The van der Waals surface area contributed by atoms with E-state index in [1.807, 2.05) is 18.2 Å². The molecule has 0 fully saturated rings. The molecule has 0 saturated heterocycles. The van der Waals surface area contributed by atoms with Crippen LogP contribution in [0.4, 0.5) is 0 Å². The quantitative estimate of drug-likeness (QED) is 0.0132. The highest BCUT2D eigenvalue weighted by Crippen LogP contribution is 2.21. The van der Waals surface area contributed by atoms with Gasteiger partial charge in [-0.2, -0.15) is 0 Å². The number of amides is 11. The van der Waals surface area contributed by atoms with Crippen molar-refractivity contribution >= 4 is 93.8 Å². The van der Waals surface area contributed by atoms with Crippen LogP contribution in [0.25, 0.3) is 10.9 Å². The van der Waals surface area contributed by atoms with Gasteiger partial charge in [-0.05, 0) is 111 Å². The van der Waals surface area contributed by atoms with Crippen molar-refractivity contribution in [3.8, 4) is 11.5 Å². The molecule has 0 radical (unpaired) electrons. The number of para-hydroxylation sites is 1. The van der Waals surface area contributed by atoms with Crippen molar-refractivity contribution in [3.63, 3.8) is 0 Å². The van der Waals surface area contributed by atoms with Gasteiger partial charge in [0, 0.05) is 68.7 Å². The zero-order valence-electron chi connectivity index (χ0n) is 56.2. The first-order valence-corrected chi connectivity index (χ1v) is 32.4. The molecule has 1 heterocycles. The zero-order chi connectivity index (χ0) is 73.6. The van der Waals surface area contributed by atoms with Gasteiger partial charge in [-0.25, -0.2) is 4.79 Å². The van der Waals surface area contributed by atoms with Crippen molar-refractivity contribution in [2.24, 2.45) is 39.8 Å². The van der Waals surface area contributed by atoms with Crippen LogP contribution in [-0.4, -0.2) is 182 Å². The predicted molar refractivity (Wildman–Crippen MR) is 362 cm³/mol. The standard InChI is InChI=1S/C66H94N16O17/c1-34(2)28-48(80-64(97)51(75-54(86)25-26-67)32-40-33-72-44-11-8-7-10-43(40)44)61(94)78-47(22-24-55(87)88)58(91)74-36(5)56(89)73-37(6)57(90)79-49(30-38-13-17-41(83)18-14-38)62(95)77-46(21-23-53(68)85)60(93)76-45(12-9-27-71-66(69)70)59(92)81-50(31-39-15-19-42(84)20-16-39)63(96)82-52(65(98)99)29-35(3)4/h7-8,10-11,13-20,33-37,45-52,72,83-84H,9,12,21-32,67H2,1-6H3,(H2,68,85)(H,73,89)(H,74,91)(H,75,86)(H,76,93)(H,77,95)(H,78,94)(H,79,90)(H,80,97)(H,81,92)(H,82,96)(H,87,88)(H,98,99)(H4,69,70,71)/t36-,37-,45-,46-,47-,48-,49-,50-,51-,52-/m0/s1. The molecule has 99 heavy (non-hydrogen) atoms. The van der Waals surface area contributed by atoms with Gasteiger partial charge in [0.2, 0.25) is 65.0 Å². The summed E-state index contributed by atoms with van der Waals surface area (Å²) in [6.45, 7) is 9.38. The molecule has 0 saturated carbocycles. The van der Waals surface area contributed by atoms with E-state index in [0.717, 1.165) is 10.9 Å². The van der Waals surface area contributed by atoms with Crippen LogP contribution >= 0.6 is 0 Å². The fourth-order valence-electron chi connectivity index (χ4n) is 10.3. The molecule has 0 aliphatic carbocycles. The lowest BCUT2D eigenvalue weighted by Gasteiger charge is -2.28. The maximum absolute atomic E-state index is 14.5. The van der Waals surface area contributed by atoms with Crippen LogP contribution in [0, 0.1) is 11.8 Å². The van der Waals surface area contributed by atoms with E-state index < -0.39 is 163 Å². The Morgan fingerprint density at radius 1 is 0.455 bits per heavy atom. The Kier molecular flexibility index (Phi) is 32.6. The Morgan fingerprint density at radius 3 is 1.34 bits per heavy atom. The number of nitrogens with one attached hydrogen (secondary N) is 11. The Bertz CT molecular complexity index is 3490. The molecule has 0 aliphatic heterocycles. The van der Waals surface area contributed by atoms with Gasteiger partial charge in [-0.15, -0.1) is 0 Å². The average molecular weight is 1380 g/mol. The summed E-state index contributed by atoms with van der Waals surface area (Å²) in [5, 5.41) is 65.7. The number of rotatable bonds is 42. The number of aromatic hydroxyl groups is 2. The third-order valence-electron chi connectivity index (χ3n) is 15.5. The first-order valence-electron chi connectivity index (χ1n) is 32.4. The number of carbonyl (C=O) groups is 13. The van der Waals surface area contributed by atoms with E-state index in [4.69, 9.17) is 22.9 Å². The summed E-state index contributed by atoms with van der Waals surface area (Å²) in [5.41, 5.74) is 24.4. The highest BCUT2D eigenvalue weighted by Gasteiger charge is 2.36. The number of phenolic OH excluding ortho intramolecular Hbond substituents is 2. The molecule has 0 bridgehead atoms. The number of nitrogens with two attached hydrogens (primary N) is 4. The summed E-state index contributed by atoms with van der Waals surface area (Å²) in [7, 11) is 0. The molecular formula is C66H94N16O17. The van der Waals surface area contributed by atoms with Crippen molar-refractivity contribution < 1.29 is 82.8 Å². The lowest BCUT2D eigenvalue weighted by atomic mass is 10.00. The second-order valence-corrected chi connectivity index (χ2v) is 24.8. The van der Waals surface area contributed by atoms with Crippen molar-refractivity contribution in [3.05, 3.63) is 95.7 Å². The highest BCUT2D eigenvalue weighted by atomic mass is 16.4. The van der Waals surface area contributed by atoms with Gasteiger partial charge < -0.3 is 102 Å². The number of nitrogens with zero attached hydrogens (tertiary/aromatic N) is 1. The molecule has 3 aromatic carbocycles. The fourth-order valence-corrected chi connectivity index (χ4v) is 10.3. The molecule has 23 N–H and O–H groups in total. The topological polar surface area (TPSA) is 555 Å². The van der Waals surface area contributed by atoms with Gasteiger partial charge in [0.1, 0.15) is 71.9 Å². The van der Waals surface area contributed by atoms with Crippen molar-refractivity contribution in [1.29, 1.82) is 0 Å². The Balaban J connectivity index is 1.56. The summed E-state index contributed by atoms with van der Waals surface area (Å²) in [5.74, 6) is -13.8. The maximum atomic E-state index is 14.5. The first-order chi connectivity index (χ1) is 46.7. The van der Waals surface area contributed by atoms with E-state index >= 15 is 0 Å². The number of carboxylic acids is 2. The second-order valence-electron chi connectivity index (χ2n) is 24.8. The molecule has 11 amide bonds. The van der Waals surface area contributed by atoms with Crippen LogP contribution in [0.2, 0.25) is 0 Å². The van der Waals surface area contributed by atoms with Crippen LogP contribution in [-0.2, 0) is 81.6 Å². The molecule has 33 heteroatoms. The largest absolute Gasteiger partial charge is 0.508 e. The number of guanidine groups is 1. The van der Waals surface area contributed by atoms with E-state index in [2.05, 4.69) is 63.1 Å². The maximum Gasteiger partial charge on any atom is 0.326 e. The van der Waals surface area contributed by atoms with E-state index in [-0.39, 0.29) is 93.8 Å². The number of fused-ring (bicyclic) bond motifs is 1. The minimum Gasteiger partial charge on any atom is -0.508 e. The molecular weight excluding hydrogens is 1290 g/mol. The Hall–Kier alpha value is -10.9. The number of hydrogen-bond donors (Lipinski definition) is 19. The van der Waals surface area contributed by atoms with E-state index in [1.54, 1.807) is 40.0 Å². The molecule has 0 spiro atoms. The number of primary amides is 1. The van der Waals surface area contributed by atoms with Crippen LogP contribution in [0.1, 0.15) is 116 Å². The number of carbonyl (C=O) groups excluding carboxylic acids is 11. The number of carboxylic acid groups (broad SMARTS) is 2. The van der Waals surface area contributed by atoms with E-state index in [0.29, 0.717) is 16.7 Å². The molecule has 0 aliphatic rings. The number of aromatic amines is 1. The average Bonchev–Trinajstić information content (AvgIpc) is 1.74. The summed E-state index contributed by atoms with van der Waals surface area (Å²) >= 11 is 0. The van der Waals surface area contributed by atoms with Gasteiger partial charge in [0.05, 0.1) is 0 Å². The van der Waals surface area contributed by atoms with Crippen LogP contribution < -0.4 is 76.1 Å². The summed E-state index contributed by atoms with van der Waals surface area (Å²) in [6.07, 6.45) is -1.27. The van der Waals surface area contributed by atoms with Crippen LogP contribution in [0.3, 0.4) is 0 Å². The summed E-state index contributed by atoms with van der Waals surface area (Å²) in [6, 6.07) is 3.43. The monoisotopic (exact) mass is 1380 g/mol. The SMILES string of the molecule is CC(C)C[C@H](NC(=O)[C@H](Cc1ccc(O)cc1)NC(=O)[C@H](CCCN=C(N)N)NC(=O)[C@H](CCC(N)=O)NC(=O)[C@H](Cc1ccc(O)cc1)NC(=O)[C@H](C)NC(=O)[C@H](C)NC(=O)[C@H](CCC(=O)O)NC(=O)[C@H](CC(C)C)NC(=O)[C@H](Cc1c[nH]c2ccccc12)NC(=O)CCN)C(=O)O. The predicted octanol–water partition coefficient (Wildman–Crippen LogP) is -1.80. The molecule has 4 rings (SSSR count). The lowest BCUT2D eigenvalue weighted by Crippen LogP contribution is -2.60. The number of phenols is 2. The minimum absolute atomic E-state index is 0.00154. The van der Waals surface area contributed by atoms with Crippen LogP contribution in [0.15, 0.2) is 84.0 Å². The van der Waals surface area contributed by atoms with E-state index in [9.17, 15) is 82.8 Å². The number of H-pyrrole nitrogens is 1. The number of aliphatic imine (C=N–C) groups is 1. The number of benzene rings is 3. The summed E-state index contributed by atoms with van der Waals surface area (Å²) < 4.78 is 0. The minimum atomic E-state index is -1.69. The van der Waals surface area contributed by atoms with Gasteiger partial charge in [-0.1, -0.05) is 70.2 Å². The van der Waals surface area contributed by atoms with Crippen LogP contribution in [0.5, 0.6) is 11.5 Å². The van der Waals surface area contributed by atoms with Gasteiger partial charge >= 0.3 is 11.9 Å². The molecule has 4 aromatic rings. The molecule has 1 aromatic heterocycles. The smallest absolute Gasteiger partial charge is 0.326 e. The number of hydrogen-bond acceptors (Lipinski definition) is 17. The molecule has 540 valence electrons. The van der Waals surface area contributed by atoms with Crippen molar-refractivity contribution in [2.75, 3.05) is 13.1 Å². The lowest BCUT2D eigenvalue weighted by molar-refractivity contribution is -0.143. The molecule has 0 unspecified atom stereocenters. The van der Waals surface area contributed by atoms with E-state index in [1.165, 1.54) is 62.4 Å². The van der Waals surface area contributed by atoms with Gasteiger partial charge in [-0.3, -0.25) is 62.5 Å². The molecule has 33 nitrogen and oxygen atoms in total. The zero-order valence-corrected chi connectivity index (χ0v) is 56.2. The fraction of sp³-hybridized carbons (Fsp3) is 0.485. The Labute approximate surface area is 571 Å². The number of aromatic nitrogens is 1. The third-order valence-corrected chi connectivity index (χ3v) is 15.5. The third kappa shape index (κ3) is 28.4. The highest BCUT2D eigenvalue weighted by molar-refractivity contribution is 5.99. The van der Waals surface area contributed by atoms with Gasteiger partial charge in [0.15, 0.2) is 5.96 Å². The summed E-state index contributed by atoms with van der Waals surface area (Å²) in [4.78, 5) is 184. The van der Waals surface area contributed by atoms with Crippen molar-refractivity contribution in [1.82, 2.24) is 58.2 Å². The van der Waals surface area contributed by atoms with Gasteiger partial charge in [0.25, 0.3) is 0 Å². The first kappa shape index (κ1) is 80.6. The normalized spacial score (nSPS) is 14.2. The Morgan fingerprint density at radius 2 is 0.859 bits per heavy atom. The number of aliphatic carboxylic acids is 2. The second kappa shape index (κ2) is 40.0. The van der Waals surface area contributed by atoms with Crippen molar-refractivity contribution in [2.45, 2.75) is 179 Å². The molecule has 10 atom stereocenters.